The second kappa shape index (κ2) is 8.00. The average molecular weight is 345 g/mol. The molecule has 0 aliphatic carbocycles. The van der Waals surface area contributed by atoms with Crippen molar-refractivity contribution in [3.05, 3.63) is 29.8 Å². The van der Waals surface area contributed by atoms with E-state index in [0.717, 1.165) is 25.2 Å². The van der Waals surface area contributed by atoms with Gasteiger partial charge in [-0.2, -0.15) is 0 Å². The van der Waals surface area contributed by atoms with Gasteiger partial charge in [0.2, 0.25) is 11.8 Å². The number of nitrogens with one attached hydrogen (secondary N) is 1. The largest absolute Gasteiger partial charge is 0.342 e. The molecule has 1 N–H and O–H groups in total. The van der Waals surface area contributed by atoms with Gasteiger partial charge in [-0.25, -0.2) is 0 Å². The summed E-state index contributed by atoms with van der Waals surface area (Å²) in [6.07, 6.45) is 1.25. The van der Waals surface area contributed by atoms with Gasteiger partial charge < -0.3 is 15.1 Å². The van der Waals surface area contributed by atoms with Gasteiger partial charge in [-0.1, -0.05) is 32.9 Å². The number of anilines is 1. The molecule has 25 heavy (non-hydrogen) atoms. The first kappa shape index (κ1) is 19.4. The Bertz CT molecular complexity index is 602. The van der Waals surface area contributed by atoms with Crippen molar-refractivity contribution >= 4 is 17.5 Å². The first-order valence-electron chi connectivity index (χ1n) is 9.01. The van der Waals surface area contributed by atoms with Gasteiger partial charge in [-0.05, 0) is 50.2 Å². The number of amides is 2. The highest BCUT2D eigenvalue weighted by Crippen LogP contribution is 2.24. The van der Waals surface area contributed by atoms with Gasteiger partial charge in [0.15, 0.2) is 0 Å². The molecule has 1 saturated heterocycles. The van der Waals surface area contributed by atoms with Gasteiger partial charge in [0.05, 0.1) is 5.92 Å². The Morgan fingerprint density at radius 2 is 1.88 bits per heavy atom. The van der Waals surface area contributed by atoms with E-state index in [1.165, 1.54) is 5.56 Å². The SMILES string of the molecule is CN(C)CCCN1CC(C(=O)Nc2ccc(C(C)(C)C)cc2)CC1=O. The zero-order valence-electron chi connectivity index (χ0n) is 16.1. The first-order chi connectivity index (χ1) is 11.7. The van der Waals surface area contributed by atoms with E-state index in [2.05, 4.69) is 31.0 Å². The Labute approximate surface area is 151 Å². The molecule has 1 aromatic carbocycles. The summed E-state index contributed by atoms with van der Waals surface area (Å²) in [4.78, 5) is 28.5. The van der Waals surface area contributed by atoms with Crippen LogP contribution in [0.3, 0.4) is 0 Å². The number of hydrogen-bond donors (Lipinski definition) is 1. The van der Waals surface area contributed by atoms with E-state index in [4.69, 9.17) is 0 Å². The van der Waals surface area contributed by atoms with E-state index in [1.807, 2.05) is 43.3 Å². The Morgan fingerprint density at radius 1 is 1.24 bits per heavy atom. The fourth-order valence-corrected chi connectivity index (χ4v) is 3.04. The van der Waals surface area contributed by atoms with Crippen LogP contribution in [0.2, 0.25) is 0 Å². The molecule has 2 amide bonds. The van der Waals surface area contributed by atoms with Crippen LogP contribution in [0.1, 0.15) is 39.2 Å². The second-order valence-corrected chi connectivity index (χ2v) is 8.21. The third-order valence-corrected chi connectivity index (χ3v) is 4.64. The Hall–Kier alpha value is -1.88. The van der Waals surface area contributed by atoms with Gasteiger partial charge in [-0.15, -0.1) is 0 Å². The van der Waals surface area contributed by atoms with Crippen molar-refractivity contribution in [3.63, 3.8) is 0 Å². The fraction of sp³-hybridized carbons (Fsp3) is 0.600. The fourth-order valence-electron chi connectivity index (χ4n) is 3.04. The molecule has 1 atom stereocenters. The van der Waals surface area contributed by atoms with E-state index in [9.17, 15) is 9.59 Å². The van der Waals surface area contributed by atoms with Crippen LogP contribution in [0.25, 0.3) is 0 Å². The van der Waals surface area contributed by atoms with Crippen LogP contribution in [0.4, 0.5) is 5.69 Å². The molecule has 1 heterocycles. The van der Waals surface area contributed by atoms with E-state index >= 15 is 0 Å². The highest BCUT2D eigenvalue weighted by molar-refractivity contribution is 5.97. The van der Waals surface area contributed by atoms with Crippen LogP contribution in [-0.2, 0) is 15.0 Å². The molecule has 1 aliphatic rings. The maximum atomic E-state index is 12.5. The van der Waals surface area contributed by atoms with Crippen molar-refractivity contribution in [3.8, 4) is 0 Å². The molecular formula is C20H31N3O2. The molecule has 0 spiro atoms. The van der Waals surface area contributed by atoms with Crippen molar-refractivity contribution in [2.75, 3.05) is 39.0 Å². The van der Waals surface area contributed by atoms with Crippen LogP contribution >= 0.6 is 0 Å². The summed E-state index contributed by atoms with van der Waals surface area (Å²) in [5.41, 5.74) is 2.11. The highest BCUT2D eigenvalue weighted by Gasteiger charge is 2.33. The molecule has 1 aliphatic heterocycles. The molecule has 0 saturated carbocycles. The summed E-state index contributed by atoms with van der Waals surface area (Å²) in [7, 11) is 4.04. The molecule has 138 valence electrons. The lowest BCUT2D eigenvalue weighted by atomic mass is 9.87. The molecule has 2 rings (SSSR count). The van der Waals surface area contributed by atoms with E-state index in [0.29, 0.717) is 13.0 Å². The van der Waals surface area contributed by atoms with Crippen molar-refractivity contribution in [1.82, 2.24) is 9.80 Å². The molecule has 5 heteroatoms. The standard InChI is InChI=1S/C20H31N3O2/c1-20(2,3)16-7-9-17(10-8-16)21-19(25)15-13-18(24)23(14-15)12-6-11-22(4)5/h7-10,15H,6,11-14H2,1-5H3,(H,21,25). The zero-order chi connectivity index (χ0) is 18.6. The highest BCUT2D eigenvalue weighted by atomic mass is 16.2. The summed E-state index contributed by atoms with van der Waals surface area (Å²) in [6.45, 7) is 8.68. The summed E-state index contributed by atoms with van der Waals surface area (Å²) < 4.78 is 0. The predicted octanol–water partition coefficient (Wildman–Crippen LogP) is 2.72. The maximum absolute atomic E-state index is 12.5. The minimum absolute atomic E-state index is 0.0630. The normalized spacial score (nSPS) is 18.1. The average Bonchev–Trinajstić information content (AvgIpc) is 2.88. The van der Waals surface area contributed by atoms with Crippen molar-refractivity contribution in [2.45, 2.75) is 39.0 Å². The van der Waals surface area contributed by atoms with Gasteiger partial charge >= 0.3 is 0 Å². The summed E-state index contributed by atoms with van der Waals surface area (Å²) in [6, 6.07) is 7.96. The monoisotopic (exact) mass is 345 g/mol. The van der Waals surface area contributed by atoms with Crippen molar-refractivity contribution < 1.29 is 9.59 Å². The van der Waals surface area contributed by atoms with E-state index in [1.54, 1.807) is 0 Å². The molecule has 0 bridgehead atoms. The van der Waals surface area contributed by atoms with Crippen molar-refractivity contribution in [2.24, 2.45) is 5.92 Å². The number of carbonyl (C=O) groups is 2. The third-order valence-electron chi connectivity index (χ3n) is 4.64. The summed E-state index contributed by atoms with van der Waals surface area (Å²) in [5, 5.41) is 2.95. The number of hydrogen-bond acceptors (Lipinski definition) is 3. The van der Waals surface area contributed by atoms with E-state index in [-0.39, 0.29) is 23.1 Å². The summed E-state index contributed by atoms with van der Waals surface area (Å²) in [5.74, 6) is -0.233. The van der Waals surface area contributed by atoms with Gasteiger partial charge in [-0.3, -0.25) is 9.59 Å². The van der Waals surface area contributed by atoms with Gasteiger partial charge in [0.1, 0.15) is 0 Å². The van der Waals surface area contributed by atoms with Crippen LogP contribution in [0, 0.1) is 5.92 Å². The maximum Gasteiger partial charge on any atom is 0.229 e. The minimum atomic E-state index is -0.255. The van der Waals surface area contributed by atoms with Crippen LogP contribution in [0.15, 0.2) is 24.3 Å². The van der Waals surface area contributed by atoms with Crippen LogP contribution in [-0.4, -0.2) is 55.3 Å². The number of carbonyl (C=O) groups excluding carboxylic acids is 2. The van der Waals surface area contributed by atoms with Crippen molar-refractivity contribution in [1.29, 1.82) is 0 Å². The topological polar surface area (TPSA) is 52.6 Å². The smallest absolute Gasteiger partial charge is 0.229 e. The number of benzene rings is 1. The Kier molecular flexibility index (Phi) is 6.22. The lowest BCUT2D eigenvalue weighted by molar-refractivity contribution is -0.128. The molecule has 1 fully saturated rings. The quantitative estimate of drug-likeness (QED) is 0.862. The number of likely N-dealkylation sites (tertiary alicyclic amines) is 1. The van der Waals surface area contributed by atoms with Gasteiger partial charge in [0.25, 0.3) is 0 Å². The van der Waals surface area contributed by atoms with E-state index < -0.39 is 0 Å². The molecular weight excluding hydrogens is 314 g/mol. The molecule has 0 aromatic heterocycles. The molecule has 5 nitrogen and oxygen atoms in total. The third kappa shape index (κ3) is 5.56. The Morgan fingerprint density at radius 3 is 2.44 bits per heavy atom. The van der Waals surface area contributed by atoms with Crippen LogP contribution < -0.4 is 5.32 Å². The lowest BCUT2D eigenvalue weighted by Gasteiger charge is -2.19. The predicted molar refractivity (Wildman–Crippen MR) is 102 cm³/mol. The first-order valence-corrected chi connectivity index (χ1v) is 9.01. The molecule has 1 unspecified atom stereocenters. The molecule has 0 radical (unpaired) electrons. The second-order valence-electron chi connectivity index (χ2n) is 8.21. The number of rotatable bonds is 6. The minimum Gasteiger partial charge on any atom is -0.342 e. The lowest BCUT2D eigenvalue weighted by Crippen LogP contribution is -2.30. The summed E-state index contributed by atoms with van der Waals surface area (Å²) >= 11 is 0. The Balaban J connectivity index is 1.88. The van der Waals surface area contributed by atoms with Crippen LogP contribution in [0.5, 0.6) is 0 Å². The number of nitrogens with zero attached hydrogens (tertiary/aromatic N) is 2. The van der Waals surface area contributed by atoms with Gasteiger partial charge in [0, 0.05) is 25.2 Å². The zero-order valence-corrected chi connectivity index (χ0v) is 16.1. The molecule has 1 aromatic rings.